The Morgan fingerprint density at radius 2 is 2.25 bits per heavy atom. The molecule has 2 heteroatoms. The van der Waals surface area contributed by atoms with E-state index in [1.54, 1.807) is 0 Å². The SMILES string of the molecule is C/C=C\CC1=CN(C)CN1.CC. The van der Waals surface area contributed by atoms with E-state index in [2.05, 4.69) is 35.6 Å². The van der Waals surface area contributed by atoms with Gasteiger partial charge in [-0.1, -0.05) is 26.0 Å². The molecule has 0 aromatic carbocycles. The Hall–Kier alpha value is -0.920. The number of hydrogen-bond acceptors (Lipinski definition) is 2. The van der Waals surface area contributed by atoms with E-state index >= 15 is 0 Å². The van der Waals surface area contributed by atoms with Crippen molar-refractivity contribution in [2.75, 3.05) is 13.7 Å². The number of hydrogen-bond donors (Lipinski definition) is 1. The maximum absolute atomic E-state index is 3.28. The largest absolute Gasteiger partial charge is 0.370 e. The molecule has 1 N–H and O–H groups in total. The van der Waals surface area contributed by atoms with Crippen molar-refractivity contribution in [2.24, 2.45) is 0 Å². The van der Waals surface area contributed by atoms with Crippen LogP contribution in [-0.4, -0.2) is 18.6 Å². The molecule has 1 heterocycles. The predicted molar refractivity (Wildman–Crippen MR) is 54.6 cm³/mol. The summed E-state index contributed by atoms with van der Waals surface area (Å²) >= 11 is 0. The summed E-state index contributed by atoms with van der Waals surface area (Å²) in [5.41, 5.74) is 1.31. The average Bonchev–Trinajstić information content (AvgIpc) is 2.51. The fourth-order valence-electron chi connectivity index (χ4n) is 0.953. The molecule has 0 saturated carbocycles. The van der Waals surface area contributed by atoms with Gasteiger partial charge in [0.25, 0.3) is 0 Å². The van der Waals surface area contributed by atoms with Gasteiger partial charge in [0.15, 0.2) is 0 Å². The van der Waals surface area contributed by atoms with E-state index in [4.69, 9.17) is 0 Å². The van der Waals surface area contributed by atoms with E-state index in [-0.39, 0.29) is 0 Å². The maximum Gasteiger partial charge on any atom is 0.0866 e. The van der Waals surface area contributed by atoms with Crippen LogP contribution in [0.5, 0.6) is 0 Å². The minimum atomic E-state index is 0.951. The molecule has 70 valence electrons. The molecule has 1 aliphatic heterocycles. The van der Waals surface area contributed by atoms with Crippen molar-refractivity contribution in [3.05, 3.63) is 24.0 Å². The normalized spacial score (nSPS) is 15.3. The van der Waals surface area contributed by atoms with Crippen LogP contribution in [0.2, 0.25) is 0 Å². The second-order valence-corrected chi connectivity index (χ2v) is 2.52. The molecule has 1 aliphatic rings. The fraction of sp³-hybridized carbons (Fsp3) is 0.600. The Labute approximate surface area is 76.0 Å². The van der Waals surface area contributed by atoms with Gasteiger partial charge < -0.3 is 10.2 Å². The van der Waals surface area contributed by atoms with E-state index in [0.29, 0.717) is 0 Å². The summed E-state index contributed by atoms with van der Waals surface area (Å²) in [4.78, 5) is 2.14. The zero-order valence-corrected chi connectivity index (χ0v) is 8.59. The highest BCUT2D eigenvalue weighted by molar-refractivity contribution is 5.08. The summed E-state index contributed by atoms with van der Waals surface area (Å²) < 4.78 is 0. The van der Waals surface area contributed by atoms with Crippen molar-refractivity contribution in [3.63, 3.8) is 0 Å². The van der Waals surface area contributed by atoms with E-state index in [0.717, 1.165) is 13.1 Å². The first-order valence-corrected chi connectivity index (χ1v) is 4.59. The molecule has 0 radical (unpaired) electrons. The summed E-state index contributed by atoms with van der Waals surface area (Å²) in [6.45, 7) is 6.99. The quantitative estimate of drug-likeness (QED) is 0.636. The van der Waals surface area contributed by atoms with E-state index in [1.165, 1.54) is 5.70 Å². The molecule has 0 aliphatic carbocycles. The van der Waals surface area contributed by atoms with E-state index in [1.807, 2.05) is 20.8 Å². The zero-order chi connectivity index (χ0) is 9.40. The van der Waals surface area contributed by atoms with Crippen LogP contribution >= 0.6 is 0 Å². The van der Waals surface area contributed by atoms with Crippen LogP contribution in [0.25, 0.3) is 0 Å². The number of rotatable bonds is 2. The standard InChI is InChI=1S/C8H14N2.C2H6/c1-3-4-5-8-6-10(2)7-9-8;1-2/h3-4,6,9H,5,7H2,1-2H3;1-2H3/b4-3-;. The first-order chi connectivity index (χ1) is 5.83. The summed E-state index contributed by atoms with van der Waals surface area (Å²) in [6, 6.07) is 0. The summed E-state index contributed by atoms with van der Waals surface area (Å²) in [5, 5.41) is 3.28. The lowest BCUT2D eigenvalue weighted by atomic mass is 10.3. The van der Waals surface area contributed by atoms with Gasteiger partial charge in [0.05, 0.1) is 6.67 Å². The maximum atomic E-state index is 3.28. The molecule has 12 heavy (non-hydrogen) atoms. The molecular formula is C10H20N2. The second-order valence-electron chi connectivity index (χ2n) is 2.52. The van der Waals surface area contributed by atoms with Crippen LogP contribution < -0.4 is 5.32 Å². The Balaban J connectivity index is 0.000000561. The lowest BCUT2D eigenvalue weighted by Gasteiger charge is -2.02. The summed E-state index contributed by atoms with van der Waals surface area (Å²) in [5.74, 6) is 0. The monoisotopic (exact) mass is 168 g/mol. The topological polar surface area (TPSA) is 15.3 Å². The van der Waals surface area contributed by atoms with Gasteiger partial charge in [-0.25, -0.2) is 0 Å². The van der Waals surface area contributed by atoms with Crippen LogP contribution in [-0.2, 0) is 0 Å². The zero-order valence-electron chi connectivity index (χ0n) is 8.59. The Bertz CT molecular complexity index is 159. The first kappa shape index (κ1) is 11.1. The van der Waals surface area contributed by atoms with Gasteiger partial charge in [0.2, 0.25) is 0 Å². The highest BCUT2D eigenvalue weighted by atomic mass is 15.2. The molecular weight excluding hydrogens is 148 g/mol. The van der Waals surface area contributed by atoms with Gasteiger partial charge in [0.1, 0.15) is 0 Å². The van der Waals surface area contributed by atoms with Crippen LogP contribution in [0, 0.1) is 0 Å². The molecule has 0 fully saturated rings. The highest BCUT2D eigenvalue weighted by Gasteiger charge is 2.03. The van der Waals surface area contributed by atoms with Gasteiger partial charge in [-0.2, -0.15) is 0 Å². The van der Waals surface area contributed by atoms with Crippen LogP contribution in [0.1, 0.15) is 27.2 Å². The van der Waals surface area contributed by atoms with E-state index < -0.39 is 0 Å². The third-order valence-corrected chi connectivity index (χ3v) is 1.51. The van der Waals surface area contributed by atoms with Crippen LogP contribution in [0.15, 0.2) is 24.0 Å². The minimum absolute atomic E-state index is 0.951. The molecule has 1 rings (SSSR count). The van der Waals surface area contributed by atoms with Gasteiger partial charge in [0, 0.05) is 25.4 Å². The van der Waals surface area contributed by atoms with Gasteiger partial charge in [-0.3, -0.25) is 0 Å². The van der Waals surface area contributed by atoms with Crippen molar-refractivity contribution >= 4 is 0 Å². The molecule has 0 amide bonds. The third-order valence-electron chi connectivity index (χ3n) is 1.51. The molecule has 0 saturated heterocycles. The second kappa shape index (κ2) is 6.77. The van der Waals surface area contributed by atoms with E-state index in [9.17, 15) is 0 Å². The molecule has 0 aromatic heterocycles. The van der Waals surface area contributed by atoms with Gasteiger partial charge >= 0.3 is 0 Å². The van der Waals surface area contributed by atoms with Gasteiger partial charge in [-0.15, -0.1) is 0 Å². The first-order valence-electron chi connectivity index (χ1n) is 4.59. The predicted octanol–water partition coefficient (Wildman–Crippen LogP) is 2.31. The Morgan fingerprint density at radius 3 is 2.67 bits per heavy atom. The van der Waals surface area contributed by atoms with Gasteiger partial charge in [-0.05, 0) is 6.92 Å². The van der Waals surface area contributed by atoms with Crippen molar-refractivity contribution in [2.45, 2.75) is 27.2 Å². The highest BCUT2D eigenvalue weighted by Crippen LogP contribution is 2.05. The number of nitrogens with one attached hydrogen (secondary N) is 1. The molecule has 0 atom stereocenters. The fourth-order valence-corrected chi connectivity index (χ4v) is 0.953. The van der Waals surface area contributed by atoms with Crippen molar-refractivity contribution < 1.29 is 0 Å². The summed E-state index contributed by atoms with van der Waals surface area (Å²) in [6.07, 6.45) is 7.39. The third kappa shape index (κ3) is 4.06. The molecule has 0 bridgehead atoms. The van der Waals surface area contributed by atoms with Crippen LogP contribution in [0.4, 0.5) is 0 Å². The van der Waals surface area contributed by atoms with Crippen molar-refractivity contribution in [3.8, 4) is 0 Å². The lowest BCUT2D eigenvalue weighted by molar-refractivity contribution is 0.473. The molecule has 0 aromatic rings. The number of allylic oxidation sites excluding steroid dienone is 2. The summed E-state index contributed by atoms with van der Waals surface area (Å²) in [7, 11) is 2.07. The van der Waals surface area contributed by atoms with Crippen molar-refractivity contribution in [1.82, 2.24) is 10.2 Å². The average molecular weight is 168 g/mol. The number of nitrogens with zero attached hydrogens (tertiary/aromatic N) is 1. The lowest BCUT2D eigenvalue weighted by Crippen LogP contribution is -2.16. The Kier molecular flexibility index (Phi) is 6.25. The Morgan fingerprint density at radius 1 is 1.58 bits per heavy atom. The van der Waals surface area contributed by atoms with Crippen LogP contribution in [0.3, 0.4) is 0 Å². The van der Waals surface area contributed by atoms with Crippen molar-refractivity contribution in [1.29, 1.82) is 0 Å². The molecule has 2 nitrogen and oxygen atoms in total. The minimum Gasteiger partial charge on any atom is -0.370 e. The molecule has 0 unspecified atom stereocenters. The molecule has 0 spiro atoms. The smallest absolute Gasteiger partial charge is 0.0866 e.